The van der Waals surface area contributed by atoms with Crippen LogP contribution in [-0.4, -0.2) is 29.4 Å². The largest absolute Gasteiger partial charge is 0.493 e. The highest BCUT2D eigenvalue weighted by Crippen LogP contribution is 2.32. The average Bonchev–Trinajstić information content (AvgIpc) is 3.16. The topological polar surface area (TPSA) is 86.0 Å². The van der Waals surface area contributed by atoms with Crippen LogP contribution in [0.5, 0.6) is 11.5 Å². The number of rotatable bonds is 5. The molecule has 6 nitrogen and oxygen atoms in total. The van der Waals surface area contributed by atoms with E-state index in [2.05, 4.69) is 15.2 Å². The molecule has 3 aromatic rings. The second kappa shape index (κ2) is 7.28. The highest BCUT2D eigenvalue weighted by atomic mass is 19.4. The molecule has 3 rings (SSSR count). The number of H-pyrrole nitrogens is 1. The zero-order valence-electron chi connectivity index (χ0n) is 14.5. The Balaban J connectivity index is 1.85. The summed E-state index contributed by atoms with van der Waals surface area (Å²) >= 11 is 0. The molecule has 27 heavy (non-hydrogen) atoms. The number of nitrogens with one attached hydrogen (secondary N) is 1. The van der Waals surface area contributed by atoms with Gasteiger partial charge in [0.25, 0.3) is 0 Å². The molecule has 142 valence electrons. The zero-order chi connectivity index (χ0) is 19.6. The van der Waals surface area contributed by atoms with Gasteiger partial charge in [-0.05, 0) is 29.8 Å². The zero-order valence-corrected chi connectivity index (χ0v) is 14.5. The van der Waals surface area contributed by atoms with E-state index in [1.165, 1.54) is 26.4 Å². The molecule has 1 heterocycles. The van der Waals surface area contributed by atoms with Crippen molar-refractivity contribution < 1.29 is 22.6 Å². The first-order chi connectivity index (χ1) is 12.8. The van der Waals surface area contributed by atoms with Gasteiger partial charge in [-0.15, -0.1) is 0 Å². The van der Waals surface area contributed by atoms with Crippen molar-refractivity contribution in [2.75, 3.05) is 14.2 Å². The molecule has 2 aromatic carbocycles. The number of methoxy groups -OCH3 is 2. The molecular weight excluding hydrogens is 361 g/mol. The SMILES string of the molecule is COc1ccc([C@@H](N)c2nc(-c3ccc(C(F)(F)F)cc3)n[nH]2)cc1OC. The number of ether oxygens (including phenoxy) is 2. The van der Waals surface area contributed by atoms with E-state index in [1.54, 1.807) is 18.2 Å². The first kappa shape index (κ1) is 18.7. The minimum absolute atomic E-state index is 0.259. The Bertz CT molecular complexity index is 923. The molecule has 0 bridgehead atoms. The van der Waals surface area contributed by atoms with Gasteiger partial charge in [-0.1, -0.05) is 18.2 Å². The first-order valence-electron chi connectivity index (χ1n) is 7.91. The minimum atomic E-state index is -4.39. The number of benzene rings is 2. The van der Waals surface area contributed by atoms with Gasteiger partial charge in [0.05, 0.1) is 25.8 Å². The van der Waals surface area contributed by atoms with E-state index in [-0.39, 0.29) is 5.82 Å². The van der Waals surface area contributed by atoms with Crippen LogP contribution in [0.2, 0.25) is 0 Å². The molecule has 0 spiro atoms. The standard InChI is InChI=1S/C18H17F3N4O2/c1-26-13-8-5-11(9-14(13)27-2)15(22)17-23-16(24-25-17)10-3-6-12(7-4-10)18(19,20)21/h3-9,15H,22H2,1-2H3,(H,23,24,25)/t15-/m1/s1. The molecule has 0 fully saturated rings. The van der Waals surface area contributed by atoms with Crippen molar-refractivity contribution >= 4 is 0 Å². The molecule has 1 aromatic heterocycles. The van der Waals surface area contributed by atoms with Crippen molar-refractivity contribution in [1.82, 2.24) is 15.2 Å². The summed E-state index contributed by atoms with van der Waals surface area (Å²) in [4.78, 5) is 4.30. The van der Waals surface area contributed by atoms with Crippen LogP contribution in [0.3, 0.4) is 0 Å². The van der Waals surface area contributed by atoms with E-state index < -0.39 is 17.8 Å². The van der Waals surface area contributed by atoms with Gasteiger partial charge in [-0.3, -0.25) is 5.10 Å². The van der Waals surface area contributed by atoms with Crippen LogP contribution >= 0.6 is 0 Å². The fraction of sp³-hybridized carbons (Fsp3) is 0.222. The molecule has 0 saturated heterocycles. The van der Waals surface area contributed by atoms with E-state index in [9.17, 15) is 13.2 Å². The van der Waals surface area contributed by atoms with Crippen molar-refractivity contribution in [2.45, 2.75) is 12.2 Å². The Morgan fingerprint density at radius 1 is 1.00 bits per heavy atom. The molecular formula is C18H17F3N4O2. The summed E-state index contributed by atoms with van der Waals surface area (Å²) < 4.78 is 48.4. The Labute approximate surface area is 153 Å². The third-order valence-electron chi connectivity index (χ3n) is 4.03. The van der Waals surface area contributed by atoms with Gasteiger partial charge in [0.1, 0.15) is 5.82 Å². The number of nitrogens with zero attached hydrogens (tertiary/aromatic N) is 2. The number of aromatic amines is 1. The van der Waals surface area contributed by atoms with E-state index in [4.69, 9.17) is 15.2 Å². The van der Waals surface area contributed by atoms with Crippen molar-refractivity contribution in [3.05, 3.63) is 59.4 Å². The fourth-order valence-electron chi connectivity index (χ4n) is 2.55. The number of aromatic nitrogens is 3. The Morgan fingerprint density at radius 3 is 2.26 bits per heavy atom. The lowest BCUT2D eigenvalue weighted by atomic mass is 10.1. The number of alkyl halides is 3. The average molecular weight is 378 g/mol. The monoisotopic (exact) mass is 378 g/mol. The number of hydrogen-bond acceptors (Lipinski definition) is 5. The van der Waals surface area contributed by atoms with Gasteiger partial charge >= 0.3 is 6.18 Å². The van der Waals surface area contributed by atoms with Crippen LogP contribution in [0.15, 0.2) is 42.5 Å². The van der Waals surface area contributed by atoms with Crippen molar-refractivity contribution in [1.29, 1.82) is 0 Å². The van der Waals surface area contributed by atoms with E-state index >= 15 is 0 Å². The van der Waals surface area contributed by atoms with Gasteiger partial charge in [-0.25, -0.2) is 4.98 Å². The Morgan fingerprint density at radius 2 is 1.67 bits per heavy atom. The molecule has 0 radical (unpaired) electrons. The summed E-state index contributed by atoms with van der Waals surface area (Å²) in [7, 11) is 3.05. The second-order valence-corrected chi connectivity index (χ2v) is 5.71. The molecule has 0 amide bonds. The highest BCUT2D eigenvalue weighted by Gasteiger charge is 2.30. The van der Waals surface area contributed by atoms with Crippen molar-refractivity contribution in [2.24, 2.45) is 5.73 Å². The summed E-state index contributed by atoms with van der Waals surface area (Å²) in [5.41, 5.74) is 6.65. The second-order valence-electron chi connectivity index (χ2n) is 5.71. The predicted octanol–water partition coefficient (Wildman–Crippen LogP) is 3.56. The van der Waals surface area contributed by atoms with Gasteiger partial charge in [0.15, 0.2) is 17.3 Å². The number of hydrogen-bond donors (Lipinski definition) is 2. The van der Waals surface area contributed by atoms with Crippen LogP contribution in [0.1, 0.15) is 23.0 Å². The minimum Gasteiger partial charge on any atom is -0.493 e. The lowest BCUT2D eigenvalue weighted by Crippen LogP contribution is -2.14. The first-order valence-corrected chi connectivity index (χ1v) is 7.91. The number of nitrogens with two attached hydrogens (primary N) is 1. The molecule has 0 aliphatic carbocycles. The molecule has 0 aliphatic heterocycles. The summed E-state index contributed by atoms with van der Waals surface area (Å²) in [5.74, 6) is 1.72. The molecule has 0 aliphatic rings. The Kier molecular flexibility index (Phi) is 5.04. The molecule has 0 saturated carbocycles. The van der Waals surface area contributed by atoms with Crippen LogP contribution in [0.4, 0.5) is 13.2 Å². The van der Waals surface area contributed by atoms with Crippen molar-refractivity contribution in [3.63, 3.8) is 0 Å². The lowest BCUT2D eigenvalue weighted by Gasteiger charge is -2.13. The Hall–Kier alpha value is -3.07. The summed E-state index contributed by atoms with van der Waals surface area (Å²) in [6.07, 6.45) is -4.39. The van der Waals surface area contributed by atoms with Crippen LogP contribution in [0, 0.1) is 0 Å². The third kappa shape index (κ3) is 3.87. The smallest absolute Gasteiger partial charge is 0.416 e. The maximum Gasteiger partial charge on any atom is 0.416 e. The summed E-state index contributed by atoms with van der Waals surface area (Å²) in [6.45, 7) is 0. The fourth-order valence-corrected chi connectivity index (χ4v) is 2.55. The molecule has 9 heteroatoms. The maximum atomic E-state index is 12.7. The predicted molar refractivity (Wildman–Crippen MR) is 92.4 cm³/mol. The summed E-state index contributed by atoms with van der Waals surface area (Å²) in [5, 5.41) is 6.78. The van der Waals surface area contributed by atoms with Crippen LogP contribution in [0.25, 0.3) is 11.4 Å². The molecule has 1 atom stereocenters. The van der Waals surface area contributed by atoms with Crippen molar-refractivity contribution in [3.8, 4) is 22.9 Å². The quantitative estimate of drug-likeness (QED) is 0.709. The van der Waals surface area contributed by atoms with Gasteiger partial charge < -0.3 is 15.2 Å². The van der Waals surface area contributed by atoms with Gasteiger partial charge in [0, 0.05) is 5.56 Å². The lowest BCUT2D eigenvalue weighted by molar-refractivity contribution is -0.137. The van der Waals surface area contributed by atoms with Gasteiger partial charge in [0.2, 0.25) is 0 Å². The van der Waals surface area contributed by atoms with E-state index in [0.29, 0.717) is 28.5 Å². The molecule has 3 N–H and O–H groups in total. The highest BCUT2D eigenvalue weighted by molar-refractivity contribution is 5.55. The van der Waals surface area contributed by atoms with Gasteiger partial charge in [-0.2, -0.15) is 18.3 Å². The van der Waals surface area contributed by atoms with E-state index in [0.717, 1.165) is 12.1 Å². The summed E-state index contributed by atoms with van der Waals surface area (Å²) in [6, 6.07) is 9.20. The maximum absolute atomic E-state index is 12.7. The van der Waals surface area contributed by atoms with Crippen LogP contribution in [-0.2, 0) is 6.18 Å². The normalized spacial score (nSPS) is 12.7. The molecule has 0 unspecified atom stereocenters. The van der Waals surface area contributed by atoms with Crippen LogP contribution < -0.4 is 15.2 Å². The number of halogens is 3. The third-order valence-corrected chi connectivity index (χ3v) is 4.03. The van der Waals surface area contributed by atoms with E-state index in [1.807, 2.05) is 0 Å².